The Morgan fingerprint density at radius 1 is 1.79 bits per heavy atom. The summed E-state index contributed by atoms with van der Waals surface area (Å²) in [6.45, 7) is 0.521. The zero-order chi connectivity index (χ0) is 10.9. The zero-order valence-electron chi connectivity index (χ0n) is 7.17. The molecule has 7 heteroatoms. The minimum absolute atomic E-state index is 0.228. The van der Waals surface area contributed by atoms with Gasteiger partial charge in [0, 0.05) is 6.20 Å². The molecule has 1 aromatic rings. The average Bonchev–Trinajstić information content (AvgIpc) is 2.29. The number of aliphatic carboxylic acids is 1. The number of carboxylic acids is 1. The van der Waals surface area contributed by atoms with Gasteiger partial charge in [0.25, 0.3) is 0 Å². The lowest BCUT2D eigenvalue weighted by Gasteiger charge is -2.10. The maximum Gasteiger partial charge on any atom is 0.376 e. The van der Waals surface area contributed by atoms with E-state index in [9.17, 15) is 13.6 Å². The van der Waals surface area contributed by atoms with Crippen LogP contribution in [0.3, 0.4) is 0 Å². The monoisotopic (exact) mass is 224 g/mol. The van der Waals surface area contributed by atoms with Gasteiger partial charge in [0.15, 0.2) is 0 Å². The van der Waals surface area contributed by atoms with Gasteiger partial charge in [-0.25, -0.2) is 4.79 Å². The summed E-state index contributed by atoms with van der Waals surface area (Å²) in [7, 11) is 0. The molecule has 0 fully saturated rings. The van der Waals surface area contributed by atoms with E-state index in [1.165, 1.54) is 6.92 Å². The summed E-state index contributed by atoms with van der Waals surface area (Å²) in [5.74, 6) is -6.01. The van der Waals surface area contributed by atoms with E-state index in [4.69, 9.17) is 16.7 Å². The minimum Gasteiger partial charge on any atom is -0.477 e. The normalized spacial score (nSPS) is 11.7. The van der Waals surface area contributed by atoms with Crippen LogP contribution in [0.5, 0.6) is 0 Å². The van der Waals surface area contributed by atoms with E-state index in [1.807, 2.05) is 0 Å². The standard InChI is InChI=1S/C7H7ClF2N2O2/c1-4-5(8)2-12(11-4)3-7(9,10)6(13)14/h2H,3H2,1H3,(H,13,14). The lowest BCUT2D eigenvalue weighted by Crippen LogP contribution is -2.33. The second kappa shape index (κ2) is 3.53. The second-order valence-electron chi connectivity index (χ2n) is 2.77. The number of aryl methyl sites for hydroxylation is 1. The van der Waals surface area contributed by atoms with E-state index < -0.39 is 18.4 Å². The minimum atomic E-state index is -3.83. The Balaban J connectivity index is 2.84. The molecule has 0 aliphatic heterocycles. The highest BCUT2D eigenvalue weighted by molar-refractivity contribution is 6.31. The van der Waals surface area contributed by atoms with Crippen molar-refractivity contribution in [2.24, 2.45) is 0 Å². The van der Waals surface area contributed by atoms with Crippen molar-refractivity contribution in [3.63, 3.8) is 0 Å². The smallest absolute Gasteiger partial charge is 0.376 e. The Kier molecular flexibility index (Phi) is 2.75. The molecule has 1 N–H and O–H groups in total. The van der Waals surface area contributed by atoms with Gasteiger partial charge in [0.2, 0.25) is 0 Å². The molecule has 0 amide bonds. The van der Waals surface area contributed by atoms with Gasteiger partial charge >= 0.3 is 11.9 Å². The van der Waals surface area contributed by atoms with E-state index in [2.05, 4.69) is 5.10 Å². The molecule has 0 saturated heterocycles. The van der Waals surface area contributed by atoms with Crippen LogP contribution in [-0.4, -0.2) is 26.8 Å². The fourth-order valence-corrected chi connectivity index (χ4v) is 0.996. The van der Waals surface area contributed by atoms with E-state index in [1.54, 1.807) is 0 Å². The zero-order valence-corrected chi connectivity index (χ0v) is 7.92. The third kappa shape index (κ3) is 2.20. The summed E-state index contributed by atoms with van der Waals surface area (Å²) in [5, 5.41) is 12.0. The third-order valence-corrected chi connectivity index (χ3v) is 1.93. The van der Waals surface area contributed by atoms with Crippen LogP contribution < -0.4 is 0 Å². The first kappa shape index (κ1) is 10.9. The van der Waals surface area contributed by atoms with E-state index in [-0.39, 0.29) is 5.02 Å². The Hall–Kier alpha value is -1.17. The van der Waals surface area contributed by atoms with Crippen LogP contribution in [0.25, 0.3) is 0 Å². The third-order valence-electron chi connectivity index (χ3n) is 1.56. The number of nitrogens with zero attached hydrogens (tertiary/aromatic N) is 2. The largest absolute Gasteiger partial charge is 0.477 e. The lowest BCUT2D eigenvalue weighted by molar-refractivity contribution is -0.167. The molecule has 1 aromatic heterocycles. The van der Waals surface area contributed by atoms with Gasteiger partial charge in [-0.3, -0.25) is 4.68 Å². The van der Waals surface area contributed by atoms with Gasteiger partial charge in [-0.15, -0.1) is 0 Å². The summed E-state index contributed by atoms with van der Waals surface area (Å²) < 4.78 is 26.2. The number of alkyl halides is 2. The quantitative estimate of drug-likeness (QED) is 0.848. The van der Waals surface area contributed by atoms with Crippen molar-refractivity contribution in [3.8, 4) is 0 Å². The highest BCUT2D eigenvalue weighted by Gasteiger charge is 2.39. The highest BCUT2D eigenvalue weighted by Crippen LogP contribution is 2.19. The topological polar surface area (TPSA) is 55.1 Å². The number of carbonyl (C=O) groups is 1. The predicted octanol–water partition coefficient (Wildman–Crippen LogP) is 1.56. The molecule has 0 spiro atoms. The van der Waals surface area contributed by atoms with E-state index >= 15 is 0 Å². The average molecular weight is 225 g/mol. The first-order valence-electron chi connectivity index (χ1n) is 3.63. The van der Waals surface area contributed by atoms with Gasteiger partial charge in [0.1, 0.15) is 6.54 Å². The van der Waals surface area contributed by atoms with Crippen molar-refractivity contribution in [2.75, 3.05) is 0 Å². The molecule has 0 aliphatic rings. The van der Waals surface area contributed by atoms with Crippen LogP contribution in [0.1, 0.15) is 5.69 Å². The molecule has 14 heavy (non-hydrogen) atoms. The molecular formula is C7H7ClF2N2O2. The van der Waals surface area contributed by atoms with Crippen molar-refractivity contribution >= 4 is 17.6 Å². The van der Waals surface area contributed by atoms with Crippen LogP contribution >= 0.6 is 11.6 Å². The highest BCUT2D eigenvalue weighted by atomic mass is 35.5. The van der Waals surface area contributed by atoms with Gasteiger partial charge in [0.05, 0.1) is 10.7 Å². The molecule has 0 radical (unpaired) electrons. The van der Waals surface area contributed by atoms with Crippen LogP contribution in [-0.2, 0) is 11.3 Å². The summed E-state index contributed by atoms with van der Waals surface area (Å²) in [5.41, 5.74) is 0.382. The molecular weight excluding hydrogens is 218 g/mol. The summed E-state index contributed by atoms with van der Waals surface area (Å²) in [6, 6.07) is 0. The Bertz CT molecular complexity index is 345. The number of carboxylic acid groups (broad SMARTS) is 1. The SMILES string of the molecule is Cc1nn(CC(F)(F)C(=O)O)cc1Cl. The molecule has 0 unspecified atom stereocenters. The van der Waals surface area contributed by atoms with Crippen LogP contribution in [0.15, 0.2) is 6.20 Å². The molecule has 0 aliphatic carbocycles. The van der Waals surface area contributed by atoms with E-state index in [0.29, 0.717) is 5.69 Å². The number of hydrogen-bond donors (Lipinski definition) is 1. The molecule has 0 aromatic carbocycles. The summed E-state index contributed by atoms with van der Waals surface area (Å²) >= 11 is 5.56. The second-order valence-corrected chi connectivity index (χ2v) is 3.18. The van der Waals surface area contributed by atoms with Gasteiger partial charge in [-0.05, 0) is 6.92 Å². The van der Waals surface area contributed by atoms with Crippen molar-refractivity contribution in [3.05, 3.63) is 16.9 Å². The van der Waals surface area contributed by atoms with Crippen LogP contribution in [0.4, 0.5) is 8.78 Å². The summed E-state index contributed by atoms with van der Waals surface area (Å²) in [6.07, 6.45) is 1.16. The summed E-state index contributed by atoms with van der Waals surface area (Å²) in [4.78, 5) is 10.1. The number of rotatable bonds is 3. The van der Waals surface area contributed by atoms with Gasteiger partial charge in [-0.2, -0.15) is 13.9 Å². The van der Waals surface area contributed by atoms with Crippen LogP contribution in [0, 0.1) is 6.92 Å². The van der Waals surface area contributed by atoms with E-state index in [0.717, 1.165) is 10.9 Å². The first-order valence-corrected chi connectivity index (χ1v) is 4.01. The number of halogens is 3. The maximum atomic E-state index is 12.7. The molecule has 0 atom stereocenters. The van der Waals surface area contributed by atoms with Crippen LogP contribution in [0.2, 0.25) is 5.02 Å². The van der Waals surface area contributed by atoms with Crippen molar-refractivity contribution < 1.29 is 18.7 Å². The van der Waals surface area contributed by atoms with Crippen molar-refractivity contribution in [2.45, 2.75) is 19.4 Å². The van der Waals surface area contributed by atoms with Gasteiger partial charge < -0.3 is 5.11 Å². The maximum absolute atomic E-state index is 12.7. The fraction of sp³-hybridized carbons (Fsp3) is 0.429. The Morgan fingerprint density at radius 3 is 2.71 bits per heavy atom. The molecule has 4 nitrogen and oxygen atoms in total. The molecule has 78 valence electrons. The Morgan fingerprint density at radius 2 is 2.36 bits per heavy atom. The Labute approximate surface area is 83.1 Å². The molecule has 0 saturated carbocycles. The molecule has 1 rings (SSSR count). The molecule has 0 bridgehead atoms. The number of hydrogen-bond acceptors (Lipinski definition) is 2. The predicted molar refractivity (Wildman–Crippen MR) is 44.6 cm³/mol. The fourth-order valence-electron chi connectivity index (χ4n) is 0.846. The first-order chi connectivity index (χ1) is 6.33. The number of aromatic nitrogens is 2. The van der Waals surface area contributed by atoms with Crippen molar-refractivity contribution in [1.82, 2.24) is 9.78 Å². The lowest BCUT2D eigenvalue weighted by atomic mass is 10.3. The van der Waals surface area contributed by atoms with Crippen molar-refractivity contribution in [1.29, 1.82) is 0 Å². The molecule has 1 heterocycles. The van der Waals surface area contributed by atoms with Gasteiger partial charge in [-0.1, -0.05) is 11.6 Å².